The maximum atomic E-state index is 12.4. The molecule has 4 rings (SSSR count). The Hall–Kier alpha value is -2.19. The fraction of sp³-hybridized carbons (Fsp3) is 0.381. The SMILES string of the molecule is CN(C)c1nc(N[C@H]2CC[C@@H](NC(=O)c3ccc(Br)s3)CC2)nc2ccccc12. The van der Waals surface area contributed by atoms with Crippen LogP contribution in [0.5, 0.6) is 0 Å². The van der Waals surface area contributed by atoms with Crippen LogP contribution >= 0.6 is 27.3 Å². The number of nitrogens with zero attached hydrogens (tertiary/aromatic N) is 3. The monoisotopic (exact) mass is 473 g/mol. The normalized spacial score (nSPS) is 19.1. The van der Waals surface area contributed by atoms with E-state index in [9.17, 15) is 4.79 Å². The number of amides is 1. The molecular formula is C21H24BrN5OS. The smallest absolute Gasteiger partial charge is 0.261 e. The number of anilines is 2. The van der Waals surface area contributed by atoms with Crippen LogP contribution in [0.3, 0.4) is 0 Å². The molecule has 1 amide bonds. The van der Waals surface area contributed by atoms with Gasteiger partial charge in [-0.05, 0) is 65.9 Å². The van der Waals surface area contributed by atoms with Crippen molar-refractivity contribution in [2.45, 2.75) is 37.8 Å². The summed E-state index contributed by atoms with van der Waals surface area (Å²) in [6.45, 7) is 0. The second-order valence-electron chi connectivity index (χ2n) is 7.55. The second-order valence-corrected chi connectivity index (χ2v) is 10.0. The van der Waals surface area contributed by atoms with Gasteiger partial charge in [0.15, 0.2) is 0 Å². The molecule has 0 bridgehead atoms. The number of fused-ring (bicyclic) bond motifs is 1. The first-order chi connectivity index (χ1) is 14.0. The Morgan fingerprint density at radius 2 is 1.79 bits per heavy atom. The van der Waals surface area contributed by atoms with E-state index < -0.39 is 0 Å². The van der Waals surface area contributed by atoms with Crippen LogP contribution in [0.25, 0.3) is 10.9 Å². The van der Waals surface area contributed by atoms with Gasteiger partial charge in [0.05, 0.1) is 14.2 Å². The highest BCUT2D eigenvalue weighted by atomic mass is 79.9. The Bertz CT molecular complexity index is 1010. The molecule has 1 saturated carbocycles. The summed E-state index contributed by atoms with van der Waals surface area (Å²) in [5, 5.41) is 7.73. The Balaban J connectivity index is 1.38. The minimum Gasteiger partial charge on any atom is -0.362 e. The number of aromatic nitrogens is 2. The highest BCUT2D eigenvalue weighted by Crippen LogP contribution is 2.27. The fourth-order valence-corrected chi connectivity index (χ4v) is 5.01. The van der Waals surface area contributed by atoms with Crippen molar-refractivity contribution in [1.82, 2.24) is 15.3 Å². The molecule has 1 aliphatic carbocycles. The van der Waals surface area contributed by atoms with E-state index in [1.807, 2.05) is 49.3 Å². The third kappa shape index (κ3) is 4.70. The summed E-state index contributed by atoms with van der Waals surface area (Å²) in [5.74, 6) is 1.61. The fourth-order valence-electron chi connectivity index (χ4n) is 3.72. The van der Waals surface area contributed by atoms with Crippen LogP contribution in [0.15, 0.2) is 40.2 Å². The average molecular weight is 474 g/mol. The molecular weight excluding hydrogens is 450 g/mol. The predicted molar refractivity (Wildman–Crippen MR) is 123 cm³/mol. The average Bonchev–Trinajstić information content (AvgIpc) is 3.15. The number of thiophene rings is 1. The molecule has 0 radical (unpaired) electrons. The lowest BCUT2D eigenvalue weighted by Crippen LogP contribution is -2.40. The molecule has 2 heterocycles. The molecule has 0 spiro atoms. The zero-order valence-corrected chi connectivity index (χ0v) is 18.9. The highest BCUT2D eigenvalue weighted by Gasteiger charge is 2.24. The van der Waals surface area contributed by atoms with E-state index in [0.717, 1.165) is 51.1 Å². The minimum absolute atomic E-state index is 0.0191. The van der Waals surface area contributed by atoms with E-state index in [4.69, 9.17) is 9.97 Å². The van der Waals surface area contributed by atoms with E-state index in [1.165, 1.54) is 11.3 Å². The third-order valence-electron chi connectivity index (χ3n) is 5.20. The minimum atomic E-state index is 0.0191. The highest BCUT2D eigenvalue weighted by molar-refractivity contribution is 9.11. The molecule has 0 unspecified atom stereocenters. The van der Waals surface area contributed by atoms with E-state index in [2.05, 4.69) is 32.6 Å². The first kappa shape index (κ1) is 20.1. The molecule has 0 aliphatic heterocycles. The van der Waals surface area contributed by atoms with Gasteiger partial charge in [-0.1, -0.05) is 12.1 Å². The molecule has 1 aromatic carbocycles. The van der Waals surface area contributed by atoms with Crippen molar-refractivity contribution >= 4 is 55.8 Å². The number of halogens is 1. The lowest BCUT2D eigenvalue weighted by atomic mass is 9.91. The van der Waals surface area contributed by atoms with Gasteiger partial charge in [0.25, 0.3) is 5.91 Å². The molecule has 152 valence electrons. The molecule has 0 atom stereocenters. The Morgan fingerprint density at radius 3 is 2.48 bits per heavy atom. The van der Waals surface area contributed by atoms with Gasteiger partial charge in [-0.15, -0.1) is 11.3 Å². The summed E-state index contributed by atoms with van der Waals surface area (Å²) in [7, 11) is 4.00. The summed E-state index contributed by atoms with van der Waals surface area (Å²) >= 11 is 4.87. The van der Waals surface area contributed by atoms with Crippen molar-refractivity contribution < 1.29 is 4.79 Å². The van der Waals surface area contributed by atoms with Crippen LogP contribution in [0, 0.1) is 0 Å². The molecule has 0 saturated heterocycles. The maximum absolute atomic E-state index is 12.4. The van der Waals surface area contributed by atoms with E-state index in [1.54, 1.807) is 0 Å². The summed E-state index contributed by atoms with van der Waals surface area (Å²) in [6.07, 6.45) is 3.85. The summed E-state index contributed by atoms with van der Waals surface area (Å²) in [4.78, 5) is 24.6. The van der Waals surface area contributed by atoms with Crippen molar-refractivity contribution in [3.05, 3.63) is 45.1 Å². The van der Waals surface area contributed by atoms with Crippen LogP contribution in [-0.2, 0) is 0 Å². The largest absolute Gasteiger partial charge is 0.362 e. The lowest BCUT2D eigenvalue weighted by molar-refractivity contribution is 0.0930. The summed E-state index contributed by atoms with van der Waals surface area (Å²) < 4.78 is 0.975. The van der Waals surface area contributed by atoms with Crippen molar-refractivity contribution in [2.75, 3.05) is 24.3 Å². The summed E-state index contributed by atoms with van der Waals surface area (Å²) in [5.41, 5.74) is 0.941. The van der Waals surface area contributed by atoms with Crippen molar-refractivity contribution in [3.8, 4) is 0 Å². The molecule has 6 nitrogen and oxygen atoms in total. The van der Waals surface area contributed by atoms with Gasteiger partial charge in [0.1, 0.15) is 5.82 Å². The van der Waals surface area contributed by atoms with Crippen LogP contribution in [0.2, 0.25) is 0 Å². The number of hydrogen-bond acceptors (Lipinski definition) is 6. The van der Waals surface area contributed by atoms with Crippen LogP contribution < -0.4 is 15.5 Å². The number of hydrogen-bond donors (Lipinski definition) is 2. The second kappa shape index (κ2) is 8.67. The van der Waals surface area contributed by atoms with Gasteiger partial charge in [-0.25, -0.2) is 4.98 Å². The molecule has 2 aromatic heterocycles. The van der Waals surface area contributed by atoms with Crippen molar-refractivity contribution in [3.63, 3.8) is 0 Å². The Labute approximate surface area is 182 Å². The summed E-state index contributed by atoms with van der Waals surface area (Å²) in [6, 6.07) is 12.4. The van der Waals surface area contributed by atoms with Gasteiger partial charge in [0, 0.05) is 31.6 Å². The standard InChI is InChI=1S/C21H24BrN5OS/c1-27(2)19-15-5-3-4-6-16(15)25-21(26-19)24-14-9-7-13(8-10-14)23-20(28)17-11-12-18(22)29-17/h3-6,11-14H,7-10H2,1-2H3,(H,23,28)(H,24,25,26)/t13-,14+. The maximum Gasteiger partial charge on any atom is 0.261 e. The zero-order valence-electron chi connectivity index (χ0n) is 16.5. The number of para-hydroxylation sites is 1. The molecule has 3 aromatic rings. The van der Waals surface area contributed by atoms with Crippen LogP contribution in [0.4, 0.5) is 11.8 Å². The Morgan fingerprint density at radius 1 is 1.07 bits per heavy atom. The van der Waals surface area contributed by atoms with Crippen molar-refractivity contribution in [2.24, 2.45) is 0 Å². The van der Waals surface area contributed by atoms with Gasteiger partial charge in [0.2, 0.25) is 5.95 Å². The molecule has 8 heteroatoms. The number of carbonyl (C=O) groups is 1. The van der Waals surface area contributed by atoms with Gasteiger partial charge in [-0.3, -0.25) is 4.79 Å². The number of rotatable bonds is 5. The van der Waals surface area contributed by atoms with Gasteiger partial charge < -0.3 is 15.5 Å². The zero-order chi connectivity index (χ0) is 20.4. The van der Waals surface area contributed by atoms with Crippen molar-refractivity contribution in [1.29, 1.82) is 0 Å². The quantitative estimate of drug-likeness (QED) is 0.563. The lowest BCUT2D eigenvalue weighted by Gasteiger charge is -2.29. The number of nitrogens with one attached hydrogen (secondary N) is 2. The Kier molecular flexibility index (Phi) is 6.01. The third-order valence-corrected chi connectivity index (χ3v) is 6.82. The van der Waals surface area contributed by atoms with Crippen LogP contribution in [0.1, 0.15) is 35.4 Å². The number of benzene rings is 1. The molecule has 29 heavy (non-hydrogen) atoms. The van der Waals surface area contributed by atoms with Gasteiger partial charge >= 0.3 is 0 Å². The topological polar surface area (TPSA) is 70.2 Å². The van der Waals surface area contributed by atoms with Crippen LogP contribution in [-0.4, -0.2) is 42.1 Å². The first-order valence-corrected chi connectivity index (χ1v) is 11.4. The predicted octanol–water partition coefficient (Wildman–Crippen LogP) is 4.67. The van der Waals surface area contributed by atoms with E-state index >= 15 is 0 Å². The van der Waals surface area contributed by atoms with Gasteiger partial charge in [-0.2, -0.15) is 4.98 Å². The molecule has 2 N–H and O–H groups in total. The van der Waals surface area contributed by atoms with E-state index in [-0.39, 0.29) is 11.9 Å². The van der Waals surface area contributed by atoms with E-state index in [0.29, 0.717) is 12.0 Å². The number of carbonyl (C=O) groups excluding carboxylic acids is 1. The first-order valence-electron chi connectivity index (χ1n) is 9.76. The molecule has 1 fully saturated rings. The molecule has 1 aliphatic rings.